The second-order valence-electron chi connectivity index (χ2n) is 6.09. The molecule has 2 rings (SSSR count). The molecule has 1 aromatic rings. The number of benzene rings is 1. The van der Waals surface area contributed by atoms with E-state index in [1.165, 1.54) is 0 Å². The number of anilines is 1. The van der Waals surface area contributed by atoms with Crippen LogP contribution in [0, 0.1) is 5.92 Å². The van der Waals surface area contributed by atoms with Crippen LogP contribution in [0.25, 0.3) is 0 Å². The van der Waals surface area contributed by atoms with Crippen LogP contribution >= 0.6 is 0 Å². The Morgan fingerprint density at radius 3 is 2.96 bits per heavy atom. The van der Waals surface area contributed by atoms with Crippen molar-refractivity contribution >= 4 is 11.6 Å². The van der Waals surface area contributed by atoms with Crippen LogP contribution in [0.1, 0.15) is 32.3 Å². The molecule has 1 aromatic carbocycles. The highest BCUT2D eigenvalue weighted by Crippen LogP contribution is 2.34. The molecule has 5 nitrogen and oxygen atoms in total. The van der Waals surface area contributed by atoms with Crippen molar-refractivity contribution in [2.75, 3.05) is 37.7 Å². The molecule has 23 heavy (non-hydrogen) atoms. The number of hydrogen-bond acceptors (Lipinski definition) is 4. The maximum Gasteiger partial charge on any atom is 0.227 e. The highest BCUT2D eigenvalue weighted by molar-refractivity contribution is 5.96. The van der Waals surface area contributed by atoms with Crippen molar-refractivity contribution in [2.45, 2.75) is 33.1 Å². The zero-order valence-electron chi connectivity index (χ0n) is 14.2. The van der Waals surface area contributed by atoms with Gasteiger partial charge in [-0.05, 0) is 50.9 Å². The minimum absolute atomic E-state index is 0.194. The molecule has 1 unspecified atom stereocenters. The molecule has 0 saturated carbocycles. The first-order chi connectivity index (χ1) is 11.2. The van der Waals surface area contributed by atoms with E-state index >= 15 is 0 Å². The normalized spacial score (nSPS) is 15.4. The van der Waals surface area contributed by atoms with E-state index in [1.807, 2.05) is 36.9 Å². The van der Waals surface area contributed by atoms with Crippen molar-refractivity contribution in [3.63, 3.8) is 0 Å². The number of nitrogens with one attached hydrogen (secondary N) is 1. The van der Waals surface area contributed by atoms with Crippen LogP contribution in [0.15, 0.2) is 18.2 Å². The van der Waals surface area contributed by atoms with Crippen molar-refractivity contribution in [1.29, 1.82) is 0 Å². The summed E-state index contributed by atoms with van der Waals surface area (Å²) < 4.78 is 5.94. The van der Waals surface area contributed by atoms with Gasteiger partial charge in [-0.15, -0.1) is 0 Å². The summed E-state index contributed by atoms with van der Waals surface area (Å²) in [6, 6.07) is 5.95. The fourth-order valence-electron chi connectivity index (χ4n) is 2.83. The predicted octanol–water partition coefficient (Wildman–Crippen LogP) is 1.97. The first-order valence-corrected chi connectivity index (χ1v) is 8.54. The Labute approximate surface area is 138 Å². The van der Waals surface area contributed by atoms with Crippen molar-refractivity contribution in [1.82, 2.24) is 5.32 Å². The van der Waals surface area contributed by atoms with Gasteiger partial charge in [-0.2, -0.15) is 0 Å². The third-order valence-electron chi connectivity index (χ3n) is 4.17. The zero-order chi connectivity index (χ0) is 16.7. The second-order valence-corrected chi connectivity index (χ2v) is 6.09. The van der Waals surface area contributed by atoms with E-state index in [2.05, 4.69) is 5.32 Å². The van der Waals surface area contributed by atoms with E-state index in [0.717, 1.165) is 42.9 Å². The summed E-state index contributed by atoms with van der Waals surface area (Å²) in [5, 5.41) is 12.3. The topological polar surface area (TPSA) is 61.8 Å². The molecule has 0 fully saturated rings. The van der Waals surface area contributed by atoms with Crippen LogP contribution in [0.3, 0.4) is 0 Å². The van der Waals surface area contributed by atoms with E-state index in [4.69, 9.17) is 9.84 Å². The lowest BCUT2D eigenvalue weighted by atomic mass is 10.00. The summed E-state index contributed by atoms with van der Waals surface area (Å²) in [4.78, 5) is 13.8. The molecular formula is C18H28N2O3. The van der Waals surface area contributed by atoms with Crippen molar-refractivity contribution in [2.24, 2.45) is 5.92 Å². The zero-order valence-corrected chi connectivity index (χ0v) is 14.2. The fourth-order valence-corrected chi connectivity index (χ4v) is 2.83. The number of rotatable bonds is 9. The highest BCUT2D eigenvalue weighted by atomic mass is 16.5. The van der Waals surface area contributed by atoms with Crippen LogP contribution in [0.2, 0.25) is 0 Å². The number of aliphatic hydroxyl groups is 1. The minimum atomic E-state index is 0.194. The molecule has 0 radical (unpaired) electrons. The molecule has 1 amide bonds. The predicted molar refractivity (Wildman–Crippen MR) is 92.0 cm³/mol. The SMILES string of the molecule is CCN1C(=O)CCc2c(OCCCNCC(C)CO)cccc21. The van der Waals surface area contributed by atoms with Gasteiger partial charge in [0.05, 0.1) is 12.3 Å². The summed E-state index contributed by atoms with van der Waals surface area (Å²) in [6.45, 7) is 7.27. The van der Waals surface area contributed by atoms with E-state index in [1.54, 1.807) is 0 Å². The van der Waals surface area contributed by atoms with Gasteiger partial charge in [-0.1, -0.05) is 13.0 Å². The number of hydrogen-bond donors (Lipinski definition) is 2. The van der Waals surface area contributed by atoms with Gasteiger partial charge >= 0.3 is 0 Å². The summed E-state index contributed by atoms with van der Waals surface area (Å²) in [7, 11) is 0. The second kappa shape index (κ2) is 8.89. The van der Waals surface area contributed by atoms with Crippen molar-refractivity contribution in [3.05, 3.63) is 23.8 Å². The largest absolute Gasteiger partial charge is 0.493 e. The van der Waals surface area contributed by atoms with Gasteiger partial charge in [0, 0.05) is 25.1 Å². The summed E-state index contributed by atoms with van der Waals surface area (Å²) >= 11 is 0. The Kier molecular flexibility index (Phi) is 6.86. The number of nitrogens with zero attached hydrogens (tertiary/aromatic N) is 1. The number of carbonyl (C=O) groups is 1. The fraction of sp³-hybridized carbons (Fsp3) is 0.611. The van der Waals surface area contributed by atoms with Gasteiger partial charge in [0.25, 0.3) is 0 Å². The number of ether oxygens (including phenoxy) is 1. The molecule has 0 bridgehead atoms. The minimum Gasteiger partial charge on any atom is -0.493 e. The maximum atomic E-state index is 12.0. The first-order valence-electron chi connectivity index (χ1n) is 8.54. The van der Waals surface area contributed by atoms with Gasteiger partial charge in [0.15, 0.2) is 0 Å². The Hall–Kier alpha value is -1.59. The monoisotopic (exact) mass is 320 g/mol. The molecule has 1 aliphatic heterocycles. The molecule has 5 heteroatoms. The molecule has 0 spiro atoms. The van der Waals surface area contributed by atoms with Crippen LogP contribution in [0.4, 0.5) is 5.69 Å². The average molecular weight is 320 g/mol. The number of fused-ring (bicyclic) bond motifs is 1. The third kappa shape index (κ3) is 4.69. The molecule has 1 atom stereocenters. The Morgan fingerprint density at radius 1 is 1.39 bits per heavy atom. The lowest BCUT2D eigenvalue weighted by Gasteiger charge is -2.29. The molecule has 128 valence electrons. The molecule has 1 heterocycles. The molecule has 0 aromatic heterocycles. The van der Waals surface area contributed by atoms with Gasteiger partial charge in [-0.25, -0.2) is 0 Å². The molecule has 1 aliphatic rings. The van der Waals surface area contributed by atoms with Crippen LogP contribution in [-0.4, -0.2) is 43.9 Å². The van der Waals surface area contributed by atoms with Gasteiger partial charge < -0.3 is 20.1 Å². The van der Waals surface area contributed by atoms with E-state index < -0.39 is 0 Å². The Balaban J connectivity index is 1.85. The smallest absolute Gasteiger partial charge is 0.227 e. The van der Waals surface area contributed by atoms with Gasteiger partial charge in [0.1, 0.15) is 5.75 Å². The summed E-state index contributed by atoms with van der Waals surface area (Å²) in [5.74, 6) is 1.38. The van der Waals surface area contributed by atoms with Crippen molar-refractivity contribution < 1.29 is 14.6 Å². The van der Waals surface area contributed by atoms with E-state index in [0.29, 0.717) is 19.6 Å². The summed E-state index contributed by atoms with van der Waals surface area (Å²) in [6.07, 6.45) is 2.23. The third-order valence-corrected chi connectivity index (χ3v) is 4.17. The number of amides is 1. The molecule has 0 aliphatic carbocycles. The summed E-state index contributed by atoms with van der Waals surface area (Å²) in [5.41, 5.74) is 2.15. The lowest BCUT2D eigenvalue weighted by Crippen LogP contribution is -2.34. The van der Waals surface area contributed by atoms with Crippen LogP contribution in [0.5, 0.6) is 5.75 Å². The van der Waals surface area contributed by atoms with E-state index in [9.17, 15) is 4.79 Å². The lowest BCUT2D eigenvalue weighted by molar-refractivity contribution is -0.118. The highest BCUT2D eigenvalue weighted by Gasteiger charge is 2.25. The number of carbonyl (C=O) groups excluding carboxylic acids is 1. The Bertz CT molecular complexity index is 519. The maximum absolute atomic E-state index is 12.0. The quantitative estimate of drug-likeness (QED) is 0.683. The van der Waals surface area contributed by atoms with Gasteiger partial charge in [-0.3, -0.25) is 4.79 Å². The average Bonchev–Trinajstić information content (AvgIpc) is 2.57. The van der Waals surface area contributed by atoms with Crippen LogP contribution in [-0.2, 0) is 11.2 Å². The molecule has 0 saturated heterocycles. The van der Waals surface area contributed by atoms with Crippen molar-refractivity contribution in [3.8, 4) is 5.75 Å². The van der Waals surface area contributed by atoms with Gasteiger partial charge in [0.2, 0.25) is 5.91 Å². The first kappa shape index (κ1) is 17.8. The Morgan fingerprint density at radius 2 is 2.22 bits per heavy atom. The molecular weight excluding hydrogens is 292 g/mol. The molecule has 2 N–H and O–H groups in total. The standard InChI is InChI=1S/C18H28N2O3/c1-3-20-16-6-4-7-17(15(16)8-9-18(20)22)23-11-5-10-19-12-14(2)13-21/h4,6-7,14,19,21H,3,5,8-13H2,1-2H3. The van der Waals surface area contributed by atoms with E-state index in [-0.39, 0.29) is 18.4 Å². The number of aliphatic hydroxyl groups excluding tert-OH is 1. The van der Waals surface area contributed by atoms with Crippen LogP contribution < -0.4 is 15.0 Å².